The molecule has 7 rings (SSSR count). The van der Waals surface area contributed by atoms with E-state index >= 15 is 0 Å². The van der Waals surface area contributed by atoms with Crippen LogP contribution < -0.4 is 0 Å². The van der Waals surface area contributed by atoms with Crippen molar-refractivity contribution in [2.24, 2.45) is 0 Å². The average molecular weight is 674 g/mol. The lowest BCUT2D eigenvalue weighted by molar-refractivity contribution is 0.590. The highest BCUT2D eigenvalue weighted by Gasteiger charge is 2.19. The summed E-state index contributed by atoms with van der Waals surface area (Å²) in [5.41, 5.74) is 12.9. The van der Waals surface area contributed by atoms with Gasteiger partial charge in [-0.2, -0.15) is 0 Å². The molecule has 0 amide bonds. The van der Waals surface area contributed by atoms with E-state index in [-0.39, 0.29) is 10.8 Å². The van der Waals surface area contributed by atoms with Crippen LogP contribution in [0.1, 0.15) is 52.7 Å². The van der Waals surface area contributed by atoms with Crippen LogP contribution in [0.15, 0.2) is 144 Å². The molecule has 0 aromatic heterocycles. The first-order valence-corrected chi connectivity index (χ1v) is 17.3. The third-order valence-electron chi connectivity index (χ3n) is 9.50. The van der Waals surface area contributed by atoms with Crippen LogP contribution in [0.25, 0.3) is 66.1 Å². The Balaban J connectivity index is 1.37. The molecule has 47 heavy (non-hydrogen) atoms. The van der Waals surface area contributed by atoms with Crippen LogP contribution in [0.4, 0.5) is 0 Å². The van der Waals surface area contributed by atoms with Gasteiger partial charge in [0.05, 0.1) is 0 Å². The van der Waals surface area contributed by atoms with Crippen LogP contribution in [0.5, 0.6) is 0 Å². The molecule has 1 heteroatoms. The number of benzene rings is 7. The first-order valence-electron chi connectivity index (χ1n) is 16.5. The van der Waals surface area contributed by atoms with Crippen LogP contribution in [0.3, 0.4) is 0 Å². The van der Waals surface area contributed by atoms with Crippen LogP contribution in [-0.4, -0.2) is 0 Å². The zero-order valence-corrected chi connectivity index (χ0v) is 29.7. The minimum absolute atomic E-state index is 0.139. The van der Waals surface area contributed by atoms with Gasteiger partial charge in [0.15, 0.2) is 0 Å². The number of halogens is 1. The molecule has 0 bridgehead atoms. The van der Waals surface area contributed by atoms with Crippen molar-refractivity contribution in [2.75, 3.05) is 0 Å². The maximum atomic E-state index is 3.76. The normalized spacial score (nSPS) is 12.1. The van der Waals surface area contributed by atoms with Gasteiger partial charge in [-0.05, 0) is 100 Å². The van der Waals surface area contributed by atoms with E-state index in [4.69, 9.17) is 0 Å². The van der Waals surface area contributed by atoms with Crippen molar-refractivity contribution in [1.29, 1.82) is 0 Å². The number of fused-ring (bicyclic) bond motifs is 3. The summed E-state index contributed by atoms with van der Waals surface area (Å²) in [4.78, 5) is 0. The average Bonchev–Trinajstić information content (AvgIpc) is 3.07. The van der Waals surface area contributed by atoms with Gasteiger partial charge in [0.25, 0.3) is 0 Å². The molecule has 0 unspecified atom stereocenters. The molecule has 0 heterocycles. The minimum Gasteiger partial charge on any atom is -0.0616 e. The lowest BCUT2D eigenvalue weighted by atomic mass is 9.84. The van der Waals surface area contributed by atoms with Crippen molar-refractivity contribution in [2.45, 2.75) is 52.4 Å². The van der Waals surface area contributed by atoms with Crippen LogP contribution >= 0.6 is 15.9 Å². The second-order valence-electron chi connectivity index (χ2n) is 14.8. The Bertz CT molecular complexity index is 2200. The number of hydrogen-bond donors (Lipinski definition) is 0. The van der Waals surface area contributed by atoms with E-state index in [1.165, 1.54) is 77.2 Å². The fourth-order valence-corrected chi connectivity index (χ4v) is 7.11. The van der Waals surface area contributed by atoms with E-state index in [1.807, 2.05) is 0 Å². The molecule has 0 aliphatic heterocycles. The van der Waals surface area contributed by atoms with Gasteiger partial charge in [0, 0.05) is 4.47 Å². The van der Waals surface area contributed by atoms with Crippen LogP contribution in [-0.2, 0) is 10.8 Å². The predicted octanol–water partition coefficient (Wildman–Crippen LogP) is 14.0. The zero-order chi connectivity index (χ0) is 32.9. The third-order valence-corrected chi connectivity index (χ3v) is 10.00. The van der Waals surface area contributed by atoms with E-state index in [9.17, 15) is 0 Å². The summed E-state index contributed by atoms with van der Waals surface area (Å²) in [6.07, 6.45) is 0. The van der Waals surface area contributed by atoms with Gasteiger partial charge >= 0.3 is 0 Å². The smallest absolute Gasteiger partial charge is 0.0181 e. The summed E-state index contributed by atoms with van der Waals surface area (Å²) in [5.74, 6) is 0. The summed E-state index contributed by atoms with van der Waals surface area (Å²) >= 11 is 3.76. The van der Waals surface area contributed by atoms with Crippen molar-refractivity contribution in [1.82, 2.24) is 0 Å². The zero-order valence-electron chi connectivity index (χ0n) is 28.2. The molecule has 7 aromatic rings. The Labute approximate surface area is 288 Å². The topological polar surface area (TPSA) is 0 Å². The first-order chi connectivity index (χ1) is 22.5. The Morgan fingerprint density at radius 1 is 0.340 bits per heavy atom. The van der Waals surface area contributed by atoms with Gasteiger partial charge in [-0.1, -0.05) is 185 Å². The van der Waals surface area contributed by atoms with Gasteiger partial charge < -0.3 is 0 Å². The lowest BCUT2D eigenvalue weighted by Crippen LogP contribution is -2.10. The van der Waals surface area contributed by atoms with Crippen molar-refractivity contribution in [3.8, 4) is 44.5 Å². The lowest BCUT2D eigenvalue weighted by Gasteiger charge is -2.20. The van der Waals surface area contributed by atoms with Gasteiger partial charge in [0.1, 0.15) is 0 Å². The Hall–Kier alpha value is -4.46. The summed E-state index contributed by atoms with van der Waals surface area (Å²) < 4.78 is 1.09. The highest BCUT2D eigenvalue weighted by Crippen LogP contribution is 2.45. The van der Waals surface area contributed by atoms with E-state index in [0.29, 0.717) is 0 Å². The molecule has 0 fully saturated rings. The SMILES string of the molecule is CC(C)(C)c1ccc(-c2ccc(-c3c(-c4ccc(-c5ccc(C(C)(C)C)cc5)cc4)c4ccc(Br)cc4c4ccccc34)cc2)cc1. The Morgan fingerprint density at radius 3 is 1.09 bits per heavy atom. The van der Waals surface area contributed by atoms with E-state index in [2.05, 4.69) is 197 Å². The largest absolute Gasteiger partial charge is 0.0616 e. The standard InChI is InChI=1S/C46H41Br/c1-45(2,3)36-23-19-32(20-24-36)30-11-15-34(16-12-30)43-40-10-8-7-9-39(40)42-29-38(47)27-28-41(42)44(43)35-17-13-31(14-18-35)33-21-25-37(26-22-33)46(4,5)6/h7-29H,1-6H3. The summed E-state index contributed by atoms with van der Waals surface area (Å²) in [5, 5.41) is 5.04. The molecule has 7 aromatic carbocycles. The fraction of sp³-hybridized carbons (Fsp3) is 0.174. The van der Waals surface area contributed by atoms with Gasteiger partial charge in [-0.3, -0.25) is 0 Å². The van der Waals surface area contributed by atoms with Crippen LogP contribution in [0.2, 0.25) is 0 Å². The third kappa shape index (κ3) is 6.06. The molecule has 0 nitrogen and oxygen atoms in total. The molecule has 0 spiro atoms. The molecule has 0 saturated carbocycles. The van der Waals surface area contributed by atoms with Crippen molar-refractivity contribution in [3.05, 3.63) is 155 Å². The quantitative estimate of drug-likeness (QED) is 0.163. The molecule has 0 radical (unpaired) electrons. The molecule has 0 atom stereocenters. The summed E-state index contributed by atoms with van der Waals surface area (Å²) in [6.45, 7) is 13.6. The molecule has 0 N–H and O–H groups in total. The van der Waals surface area contributed by atoms with Gasteiger partial charge in [-0.25, -0.2) is 0 Å². The van der Waals surface area contributed by atoms with Crippen molar-refractivity contribution in [3.63, 3.8) is 0 Å². The maximum absolute atomic E-state index is 3.76. The molecular weight excluding hydrogens is 632 g/mol. The predicted molar refractivity (Wildman–Crippen MR) is 208 cm³/mol. The van der Waals surface area contributed by atoms with Crippen molar-refractivity contribution < 1.29 is 0 Å². The highest BCUT2D eigenvalue weighted by atomic mass is 79.9. The van der Waals surface area contributed by atoms with Gasteiger partial charge in [-0.15, -0.1) is 0 Å². The molecule has 0 aliphatic rings. The monoisotopic (exact) mass is 672 g/mol. The van der Waals surface area contributed by atoms with E-state index < -0.39 is 0 Å². The number of rotatable bonds is 4. The van der Waals surface area contributed by atoms with Gasteiger partial charge in [0.2, 0.25) is 0 Å². The van der Waals surface area contributed by atoms with E-state index in [0.717, 1.165) is 4.47 Å². The summed E-state index contributed by atoms with van der Waals surface area (Å²) in [7, 11) is 0. The second-order valence-corrected chi connectivity index (χ2v) is 15.7. The maximum Gasteiger partial charge on any atom is 0.0181 e. The molecule has 0 saturated heterocycles. The first kappa shape index (κ1) is 31.2. The van der Waals surface area contributed by atoms with Crippen LogP contribution in [0, 0.1) is 0 Å². The number of hydrogen-bond acceptors (Lipinski definition) is 0. The Kier molecular flexibility index (Phi) is 7.93. The molecule has 0 aliphatic carbocycles. The van der Waals surface area contributed by atoms with Crippen molar-refractivity contribution >= 4 is 37.5 Å². The molecule has 232 valence electrons. The second kappa shape index (κ2) is 12.0. The highest BCUT2D eigenvalue weighted by molar-refractivity contribution is 9.10. The van der Waals surface area contributed by atoms with E-state index in [1.54, 1.807) is 0 Å². The fourth-order valence-electron chi connectivity index (χ4n) is 6.75. The molecular formula is C46H41Br. The Morgan fingerprint density at radius 2 is 0.681 bits per heavy atom. The summed E-state index contributed by atoms with van der Waals surface area (Å²) in [6, 6.07) is 51.9. The minimum atomic E-state index is 0.139.